The van der Waals surface area contributed by atoms with Crippen molar-refractivity contribution in [2.24, 2.45) is 5.73 Å². The van der Waals surface area contributed by atoms with Gasteiger partial charge in [0.1, 0.15) is 11.5 Å². The van der Waals surface area contributed by atoms with Crippen LogP contribution in [0, 0.1) is 0 Å². The highest BCUT2D eigenvalue weighted by Crippen LogP contribution is 2.40. The summed E-state index contributed by atoms with van der Waals surface area (Å²) in [6.07, 6.45) is 2.98. The van der Waals surface area contributed by atoms with Crippen LogP contribution in [0.25, 0.3) is 0 Å². The molecule has 1 aromatic carbocycles. The van der Waals surface area contributed by atoms with Gasteiger partial charge in [0.05, 0.1) is 20.8 Å². The summed E-state index contributed by atoms with van der Waals surface area (Å²) in [5.74, 6) is 1.69. The molecule has 4 nitrogen and oxygen atoms in total. The minimum absolute atomic E-state index is 0.0516. The van der Waals surface area contributed by atoms with Crippen molar-refractivity contribution in [3.63, 3.8) is 0 Å². The van der Waals surface area contributed by atoms with Crippen LogP contribution in [0.15, 0.2) is 12.1 Å². The predicted molar refractivity (Wildman–Crippen MR) is 70.1 cm³/mol. The molecule has 1 aliphatic rings. The van der Waals surface area contributed by atoms with E-state index >= 15 is 0 Å². The van der Waals surface area contributed by atoms with E-state index in [2.05, 4.69) is 0 Å². The standard InChI is InChI=1S/C14H21NO3/c1-16-9-11-7-12(17-2)6-10(13(11)18-3)8-14(15)4-5-14/h6-7H,4-5,8-9,15H2,1-3H3. The zero-order chi connectivity index (χ0) is 13.2. The molecule has 0 heterocycles. The van der Waals surface area contributed by atoms with E-state index < -0.39 is 0 Å². The highest BCUT2D eigenvalue weighted by Gasteiger charge is 2.39. The van der Waals surface area contributed by atoms with Gasteiger partial charge in [-0.2, -0.15) is 0 Å². The lowest BCUT2D eigenvalue weighted by Crippen LogP contribution is -2.25. The van der Waals surface area contributed by atoms with Gasteiger partial charge in [-0.25, -0.2) is 0 Å². The van der Waals surface area contributed by atoms with Crippen LogP contribution >= 0.6 is 0 Å². The lowest BCUT2D eigenvalue weighted by molar-refractivity contribution is 0.181. The lowest BCUT2D eigenvalue weighted by atomic mass is 10.0. The molecule has 0 aromatic heterocycles. The first kappa shape index (κ1) is 13.2. The van der Waals surface area contributed by atoms with Crippen molar-refractivity contribution in [3.8, 4) is 11.5 Å². The molecule has 0 spiro atoms. The van der Waals surface area contributed by atoms with Gasteiger partial charge in [-0.15, -0.1) is 0 Å². The van der Waals surface area contributed by atoms with Gasteiger partial charge < -0.3 is 19.9 Å². The Morgan fingerprint density at radius 3 is 2.28 bits per heavy atom. The van der Waals surface area contributed by atoms with Crippen molar-refractivity contribution < 1.29 is 14.2 Å². The summed E-state index contributed by atoms with van der Waals surface area (Å²) in [5.41, 5.74) is 8.24. The second kappa shape index (κ2) is 5.16. The average Bonchev–Trinajstić information content (AvgIpc) is 3.07. The summed E-state index contributed by atoms with van der Waals surface area (Å²) in [6, 6.07) is 3.95. The van der Waals surface area contributed by atoms with Crippen LogP contribution in [0.5, 0.6) is 11.5 Å². The molecule has 1 aromatic rings. The summed E-state index contributed by atoms with van der Waals surface area (Å²) >= 11 is 0. The Kier molecular flexibility index (Phi) is 3.78. The predicted octanol–water partition coefficient (Wildman–Crippen LogP) is 1.88. The minimum atomic E-state index is -0.0516. The Balaban J connectivity index is 2.37. The van der Waals surface area contributed by atoms with Crippen LogP contribution in [0.2, 0.25) is 0 Å². The van der Waals surface area contributed by atoms with Crippen molar-refractivity contribution in [1.82, 2.24) is 0 Å². The SMILES string of the molecule is COCc1cc(OC)cc(CC2(N)CC2)c1OC. The number of hydrogen-bond acceptors (Lipinski definition) is 4. The molecular formula is C14H21NO3. The number of nitrogens with two attached hydrogens (primary N) is 1. The van der Waals surface area contributed by atoms with Crippen LogP contribution in [0.1, 0.15) is 24.0 Å². The Hall–Kier alpha value is -1.26. The molecule has 100 valence electrons. The fraction of sp³-hybridized carbons (Fsp3) is 0.571. The third-order valence-corrected chi connectivity index (χ3v) is 3.39. The van der Waals surface area contributed by atoms with Gasteiger partial charge >= 0.3 is 0 Å². The first-order valence-electron chi connectivity index (χ1n) is 6.13. The zero-order valence-corrected chi connectivity index (χ0v) is 11.3. The molecule has 1 saturated carbocycles. The van der Waals surface area contributed by atoms with Gasteiger partial charge in [-0.3, -0.25) is 0 Å². The van der Waals surface area contributed by atoms with E-state index in [1.54, 1.807) is 21.3 Å². The molecule has 0 unspecified atom stereocenters. The maximum atomic E-state index is 6.19. The summed E-state index contributed by atoms with van der Waals surface area (Å²) in [7, 11) is 5.02. The Morgan fingerprint density at radius 2 is 1.78 bits per heavy atom. The third kappa shape index (κ3) is 2.76. The van der Waals surface area contributed by atoms with Crippen molar-refractivity contribution in [3.05, 3.63) is 23.3 Å². The molecule has 0 bridgehead atoms. The van der Waals surface area contributed by atoms with E-state index in [0.717, 1.165) is 41.9 Å². The minimum Gasteiger partial charge on any atom is -0.497 e. The molecule has 18 heavy (non-hydrogen) atoms. The second-order valence-corrected chi connectivity index (χ2v) is 4.95. The molecular weight excluding hydrogens is 230 g/mol. The maximum Gasteiger partial charge on any atom is 0.127 e. The Labute approximate surface area is 108 Å². The van der Waals surface area contributed by atoms with Crippen LogP contribution in [0.3, 0.4) is 0 Å². The van der Waals surface area contributed by atoms with Gasteiger partial charge in [0.15, 0.2) is 0 Å². The maximum absolute atomic E-state index is 6.19. The quantitative estimate of drug-likeness (QED) is 0.838. The summed E-state index contributed by atoms with van der Waals surface area (Å²) in [4.78, 5) is 0. The number of benzene rings is 1. The molecule has 2 rings (SSSR count). The van der Waals surface area contributed by atoms with Gasteiger partial charge in [0.2, 0.25) is 0 Å². The van der Waals surface area contributed by atoms with E-state index in [1.165, 1.54) is 0 Å². The zero-order valence-electron chi connectivity index (χ0n) is 11.3. The van der Waals surface area contributed by atoms with Crippen LogP contribution in [-0.2, 0) is 17.8 Å². The Bertz CT molecular complexity index is 427. The number of ether oxygens (including phenoxy) is 3. The van der Waals surface area contributed by atoms with Crippen molar-refractivity contribution in [2.45, 2.75) is 31.4 Å². The van der Waals surface area contributed by atoms with Gasteiger partial charge in [0, 0.05) is 18.2 Å². The van der Waals surface area contributed by atoms with Gasteiger partial charge in [-0.05, 0) is 37.0 Å². The van der Waals surface area contributed by atoms with Gasteiger partial charge in [-0.1, -0.05) is 0 Å². The normalized spacial score (nSPS) is 16.4. The molecule has 1 fully saturated rings. The highest BCUT2D eigenvalue weighted by molar-refractivity contribution is 5.48. The molecule has 4 heteroatoms. The highest BCUT2D eigenvalue weighted by atomic mass is 16.5. The molecule has 0 radical (unpaired) electrons. The Morgan fingerprint density at radius 1 is 1.11 bits per heavy atom. The monoisotopic (exact) mass is 251 g/mol. The molecule has 0 amide bonds. The second-order valence-electron chi connectivity index (χ2n) is 4.95. The average molecular weight is 251 g/mol. The van der Waals surface area contributed by atoms with Gasteiger partial charge in [0.25, 0.3) is 0 Å². The summed E-state index contributed by atoms with van der Waals surface area (Å²) < 4.78 is 16.0. The van der Waals surface area contributed by atoms with E-state index in [9.17, 15) is 0 Å². The third-order valence-electron chi connectivity index (χ3n) is 3.39. The molecule has 0 aliphatic heterocycles. The summed E-state index contributed by atoms with van der Waals surface area (Å²) in [5, 5.41) is 0. The van der Waals surface area contributed by atoms with E-state index in [1.807, 2.05) is 12.1 Å². The largest absolute Gasteiger partial charge is 0.497 e. The fourth-order valence-electron chi connectivity index (χ4n) is 2.21. The van der Waals surface area contributed by atoms with Crippen LogP contribution < -0.4 is 15.2 Å². The molecule has 2 N–H and O–H groups in total. The van der Waals surface area contributed by atoms with Crippen molar-refractivity contribution in [1.29, 1.82) is 0 Å². The fourth-order valence-corrected chi connectivity index (χ4v) is 2.21. The molecule has 1 aliphatic carbocycles. The van der Waals surface area contributed by atoms with Crippen LogP contribution in [0.4, 0.5) is 0 Å². The number of methoxy groups -OCH3 is 3. The lowest BCUT2D eigenvalue weighted by Gasteiger charge is -2.17. The van der Waals surface area contributed by atoms with E-state index in [-0.39, 0.29) is 5.54 Å². The first-order chi connectivity index (χ1) is 8.61. The van der Waals surface area contributed by atoms with Crippen molar-refractivity contribution >= 4 is 0 Å². The topological polar surface area (TPSA) is 53.7 Å². The number of hydrogen-bond donors (Lipinski definition) is 1. The van der Waals surface area contributed by atoms with E-state index in [0.29, 0.717) is 6.61 Å². The summed E-state index contributed by atoms with van der Waals surface area (Å²) in [6.45, 7) is 0.505. The van der Waals surface area contributed by atoms with Crippen LogP contribution in [-0.4, -0.2) is 26.9 Å². The smallest absolute Gasteiger partial charge is 0.127 e. The van der Waals surface area contributed by atoms with Crippen molar-refractivity contribution in [2.75, 3.05) is 21.3 Å². The number of rotatable bonds is 6. The molecule has 0 atom stereocenters. The van der Waals surface area contributed by atoms with E-state index in [4.69, 9.17) is 19.9 Å². The first-order valence-corrected chi connectivity index (χ1v) is 6.13. The molecule has 0 saturated heterocycles.